The summed E-state index contributed by atoms with van der Waals surface area (Å²) in [4.78, 5) is 35.2. The van der Waals surface area contributed by atoms with E-state index in [1.54, 1.807) is 12.1 Å². The van der Waals surface area contributed by atoms with Gasteiger partial charge in [-0.15, -0.1) is 11.6 Å². The van der Waals surface area contributed by atoms with Crippen molar-refractivity contribution in [2.45, 2.75) is 31.3 Å². The maximum absolute atomic E-state index is 13.6. The van der Waals surface area contributed by atoms with Gasteiger partial charge in [-0.3, -0.25) is 9.59 Å². The lowest BCUT2D eigenvalue weighted by Gasteiger charge is -2.32. The molecule has 0 spiro atoms. The summed E-state index contributed by atoms with van der Waals surface area (Å²) >= 11 is 5.83. The number of hydrogen-bond donors (Lipinski definition) is 1. The van der Waals surface area contributed by atoms with Crippen LogP contribution in [0, 0.1) is 5.82 Å². The van der Waals surface area contributed by atoms with Crippen molar-refractivity contribution in [3.8, 4) is 0 Å². The molecule has 8 nitrogen and oxygen atoms in total. The monoisotopic (exact) mass is 482 g/mol. The van der Waals surface area contributed by atoms with Crippen LogP contribution in [0.3, 0.4) is 0 Å². The molecule has 1 aromatic carbocycles. The third-order valence-electron chi connectivity index (χ3n) is 5.32. The van der Waals surface area contributed by atoms with Gasteiger partial charge in [0.2, 0.25) is 11.8 Å². The molecule has 32 heavy (non-hydrogen) atoms. The highest BCUT2D eigenvalue weighted by atomic mass is 35.5. The number of nitrogens with one attached hydrogen (secondary N) is 1. The Bertz CT molecular complexity index is 1040. The van der Waals surface area contributed by atoms with Gasteiger partial charge in [0.05, 0.1) is 11.5 Å². The quantitative estimate of drug-likeness (QED) is 0.573. The summed E-state index contributed by atoms with van der Waals surface area (Å²) in [6.45, 7) is 0.112. The third kappa shape index (κ3) is 6.46. The Morgan fingerprint density at radius 2 is 1.91 bits per heavy atom. The van der Waals surface area contributed by atoms with Gasteiger partial charge in [0, 0.05) is 30.5 Å². The minimum Gasteiger partial charge on any atom is -0.351 e. The topological polar surface area (TPSA) is 109 Å². The smallest absolute Gasteiger partial charge is 0.247 e. The fourth-order valence-corrected chi connectivity index (χ4v) is 5.30. The second kappa shape index (κ2) is 10.8. The van der Waals surface area contributed by atoms with E-state index in [0.717, 1.165) is 0 Å². The summed E-state index contributed by atoms with van der Waals surface area (Å²) in [5.41, 5.74) is 1.06. The summed E-state index contributed by atoms with van der Waals surface area (Å²) in [6.07, 6.45) is 5.11. The lowest BCUT2D eigenvalue weighted by atomic mass is 10.0. The van der Waals surface area contributed by atoms with Crippen LogP contribution in [-0.4, -0.2) is 65.1 Å². The molecule has 0 radical (unpaired) electrons. The Labute approximate surface area is 191 Å². The molecule has 2 amide bonds. The lowest BCUT2D eigenvalue weighted by Crippen LogP contribution is -2.49. The Morgan fingerprint density at radius 1 is 1.22 bits per heavy atom. The molecule has 1 aromatic heterocycles. The molecule has 1 aliphatic rings. The van der Waals surface area contributed by atoms with Crippen molar-refractivity contribution in [3.63, 3.8) is 0 Å². The summed E-state index contributed by atoms with van der Waals surface area (Å²) in [6, 6.07) is 4.61. The Balaban J connectivity index is 1.83. The lowest BCUT2D eigenvalue weighted by molar-refractivity contribution is -0.139. The molecule has 172 valence electrons. The fraction of sp³-hybridized carbons (Fsp3) is 0.429. The van der Waals surface area contributed by atoms with E-state index in [1.165, 1.54) is 35.8 Å². The fourth-order valence-electron chi connectivity index (χ4n) is 3.66. The van der Waals surface area contributed by atoms with E-state index in [2.05, 4.69) is 15.3 Å². The third-order valence-corrected chi connectivity index (χ3v) is 7.27. The van der Waals surface area contributed by atoms with Crippen LogP contribution < -0.4 is 5.32 Å². The average molecular weight is 483 g/mol. The SMILES string of the molecule is O=C(NC1CCS(=O)(=O)CC1)C(c1cncnc1)N(CCc1cccc(F)c1)C(=O)CCl. The van der Waals surface area contributed by atoms with Crippen LogP contribution in [0.4, 0.5) is 4.39 Å². The first kappa shape index (κ1) is 24.1. The summed E-state index contributed by atoms with van der Waals surface area (Å²) < 4.78 is 36.9. The van der Waals surface area contributed by atoms with Gasteiger partial charge in [-0.2, -0.15) is 0 Å². The number of hydrogen-bond acceptors (Lipinski definition) is 6. The number of carbonyl (C=O) groups is 2. The van der Waals surface area contributed by atoms with Crippen molar-refractivity contribution in [1.29, 1.82) is 0 Å². The molecule has 2 aromatic rings. The highest BCUT2D eigenvalue weighted by Crippen LogP contribution is 2.23. The number of benzene rings is 1. The van der Waals surface area contributed by atoms with E-state index in [9.17, 15) is 22.4 Å². The molecule has 1 atom stereocenters. The average Bonchev–Trinajstić information content (AvgIpc) is 2.78. The van der Waals surface area contributed by atoms with Gasteiger partial charge in [-0.25, -0.2) is 22.8 Å². The van der Waals surface area contributed by atoms with Crippen molar-refractivity contribution < 1.29 is 22.4 Å². The van der Waals surface area contributed by atoms with Crippen molar-refractivity contribution in [2.75, 3.05) is 23.9 Å². The zero-order valence-corrected chi connectivity index (χ0v) is 18.9. The minimum atomic E-state index is -3.08. The first-order valence-electron chi connectivity index (χ1n) is 10.1. The number of amides is 2. The minimum absolute atomic E-state index is 0.000950. The van der Waals surface area contributed by atoms with E-state index in [-0.39, 0.29) is 30.0 Å². The summed E-state index contributed by atoms with van der Waals surface area (Å²) in [7, 11) is -3.08. The van der Waals surface area contributed by atoms with Gasteiger partial charge >= 0.3 is 0 Å². The molecular weight excluding hydrogens is 459 g/mol. The van der Waals surface area contributed by atoms with E-state index < -0.39 is 33.5 Å². The zero-order valence-electron chi connectivity index (χ0n) is 17.3. The molecule has 2 heterocycles. The molecule has 1 fully saturated rings. The maximum Gasteiger partial charge on any atom is 0.247 e. The number of nitrogens with zero attached hydrogens (tertiary/aromatic N) is 3. The van der Waals surface area contributed by atoms with Gasteiger partial charge in [-0.1, -0.05) is 12.1 Å². The zero-order chi connectivity index (χ0) is 23.1. The Morgan fingerprint density at radius 3 is 2.53 bits per heavy atom. The van der Waals surface area contributed by atoms with Gasteiger partial charge in [0.1, 0.15) is 33.9 Å². The highest BCUT2D eigenvalue weighted by Gasteiger charge is 2.34. The van der Waals surface area contributed by atoms with Gasteiger partial charge < -0.3 is 10.2 Å². The predicted molar refractivity (Wildman–Crippen MR) is 117 cm³/mol. The number of halogens is 2. The number of rotatable bonds is 8. The second-order valence-corrected chi connectivity index (χ2v) is 10.2. The number of aromatic nitrogens is 2. The molecule has 1 saturated heterocycles. The van der Waals surface area contributed by atoms with Gasteiger partial charge in [0.15, 0.2) is 0 Å². The van der Waals surface area contributed by atoms with Gasteiger partial charge in [0.25, 0.3) is 0 Å². The second-order valence-electron chi connectivity index (χ2n) is 7.61. The molecule has 11 heteroatoms. The van der Waals surface area contributed by atoms with Gasteiger partial charge in [-0.05, 0) is 37.0 Å². The normalized spacial score (nSPS) is 16.8. The largest absolute Gasteiger partial charge is 0.351 e. The summed E-state index contributed by atoms with van der Waals surface area (Å²) in [5, 5.41) is 2.87. The first-order chi connectivity index (χ1) is 15.3. The summed E-state index contributed by atoms with van der Waals surface area (Å²) in [5.74, 6) is -1.68. The van der Waals surface area contributed by atoms with Crippen LogP contribution in [0.15, 0.2) is 43.0 Å². The van der Waals surface area contributed by atoms with E-state index in [4.69, 9.17) is 11.6 Å². The number of sulfone groups is 1. The maximum atomic E-state index is 13.6. The van der Waals surface area contributed by atoms with Crippen LogP contribution in [0.2, 0.25) is 0 Å². The molecule has 1 N–H and O–H groups in total. The number of carbonyl (C=O) groups excluding carboxylic acids is 2. The molecule has 1 aliphatic heterocycles. The molecule has 0 saturated carbocycles. The van der Waals surface area contributed by atoms with Crippen LogP contribution in [0.5, 0.6) is 0 Å². The molecule has 1 unspecified atom stereocenters. The number of alkyl halides is 1. The van der Waals surface area contributed by atoms with E-state index >= 15 is 0 Å². The van der Waals surface area contributed by atoms with Crippen LogP contribution in [0.1, 0.15) is 30.0 Å². The standard InChI is InChI=1S/C21H24ClFN4O4S/c22-11-19(28)27(7-4-15-2-1-3-17(23)10-15)20(16-12-24-14-25-13-16)21(29)26-18-5-8-32(30,31)9-6-18/h1-3,10,12-14,18,20H,4-9,11H2,(H,26,29). The molecule has 0 bridgehead atoms. The van der Waals surface area contributed by atoms with Crippen molar-refractivity contribution in [3.05, 3.63) is 59.9 Å². The van der Waals surface area contributed by atoms with Crippen molar-refractivity contribution in [2.24, 2.45) is 0 Å². The Kier molecular flexibility index (Phi) is 8.14. The van der Waals surface area contributed by atoms with Crippen molar-refractivity contribution in [1.82, 2.24) is 20.2 Å². The highest BCUT2D eigenvalue weighted by molar-refractivity contribution is 7.91. The Hall–Kier alpha value is -2.59. The van der Waals surface area contributed by atoms with E-state index in [1.807, 2.05) is 0 Å². The molecule has 3 rings (SSSR count). The van der Waals surface area contributed by atoms with Crippen LogP contribution in [0.25, 0.3) is 0 Å². The van der Waals surface area contributed by atoms with Crippen LogP contribution >= 0.6 is 11.6 Å². The van der Waals surface area contributed by atoms with Crippen LogP contribution in [-0.2, 0) is 25.8 Å². The first-order valence-corrected chi connectivity index (χ1v) is 12.5. The predicted octanol–water partition coefficient (Wildman–Crippen LogP) is 1.66. The van der Waals surface area contributed by atoms with Crippen molar-refractivity contribution >= 4 is 33.3 Å². The molecular formula is C21H24ClFN4O4S. The molecule has 0 aliphatic carbocycles. The van der Waals surface area contributed by atoms with E-state index in [0.29, 0.717) is 30.4 Å².